The molecule has 0 saturated carbocycles. The van der Waals surface area contributed by atoms with Gasteiger partial charge in [-0.25, -0.2) is 0 Å². The van der Waals surface area contributed by atoms with Crippen LogP contribution in [0.25, 0.3) is 0 Å². The lowest BCUT2D eigenvalue weighted by molar-refractivity contribution is 0.0708. The summed E-state index contributed by atoms with van der Waals surface area (Å²) < 4.78 is 0. The van der Waals surface area contributed by atoms with Crippen molar-refractivity contribution in [3.63, 3.8) is 0 Å². The molecule has 0 radical (unpaired) electrons. The van der Waals surface area contributed by atoms with E-state index in [0.717, 1.165) is 49.2 Å². The molecule has 150 valence electrons. The fourth-order valence-corrected chi connectivity index (χ4v) is 4.75. The monoisotopic (exact) mass is 405 g/mol. The largest absolute Gasteiger partial charge is 0.339 e. The van der Waals surface area contributed by atoms with Gasteiger partial charge in [0.1, 0.15) is 0 Å². The number of aromatic amines is 1. The Hall–Kier alpha value is -2.53. The van der Waals surface area contributed by atoms with Crippen molar-refractivity contribution in [2.24, 2.45) is 0 Å². The van der Waals surface area contributed by atoms with Crippen molar-refractivity contribution in [1.29, 1.82) is 0 Å². The number of hydrogen-bond donors (Lipinski definition) is 1. The van der Waals surface area contributed by atoms with Crippen LogP contribution in [0.4, 0.5) is 0 Å². The summed E-state index contributed by atoms with van der Waals surface area (Å²) in [6.45, 7) is 1.59. The maximum Gasteiger partial charge on any atom is 0.254 e. The molecule has 1 aliphatic rings. The second-order valence-corrected chi connectivity index (χ2v) is 8.41. The lowest BCUT2D eigenvalue weighted by Crippen LogP contribution is -2.38. The van der Waals surface area contributed by atoms with Crippen LogP contribution >= 0.6 is 11.8 Å². The molecule has 0 spiro atoms. The van der Waals surface area contributed by atoms with Crippen LogP contribution in [0.15, 0.2) is 65.7 Å². The number of nitrogens with one attached hydrogen (secondary N) is 1. The van der Waals surface area contributed by atoms with E-state index in [1.807, 2.05) is 41.6 Å². The highest BCUT2D eigenvalue weighted by atomic mass is 32.2. The van der Waals surface area contributed by atoms with Gasteiger partial charge in [-0.05, 0) is 55.2 Å². The molecule has 1 aliphatic heterocycles. The van der Waals surface area contributed by atoms with Crippen LogP contribution in [0, 0.1) is 0 Å². The number of rotatable bonds is 6. The number of nitrogens with zero attached hydrogens (tertiary/aromatic N) is 2. The molecule has 1 amide bonds. The second kappa shape index (κ2) is 9.31. The van der Waals surface area contributed by atoms with Crippen LogP contribution in [0.3, 0.4) is 0 Å². The van der Waals surface area contributed by atoms with Crippen molar-refractivity contribution >= 4 is 17.7 Å². The Morgan fingerprint density at radius 3 is 2.55 bits per heavy atom. The molecule has 29 heavy (non-hydrogen) atoms. The van der Waals surface area contributed by atoms with Crippen molar-refractivity contribution in [2.45, 2.75) is 36.5 Å². The third-order valence-corrected chi connectivity index (χ3v) is 6.60. The van der Waals surface area contributed by atoms with Crippen LogP contribution in [0.1, 0.15) is 45.9 Å². The normalized spacial score (nSPS) is 14.9. The quantitative estimate of drug-likeness (QED) is 0.591. The van der Waals surface area contributed by atoms with Crippen molar-refractivity contribution in [3.8, 4) is 0 Å². The zero-order valence-corrected chi connectivity index (χ0v) is 17.6. The van der Waals surface area contributed by atoms with E-state index in [9.17, 15) is 4.79 Å². The van der Waals surface area contributed by atoms with E-state index in [-0.39, 0.29) is 5.91 Å². The molecule has 3 aromatic rings. The van der Waals surface area contributed by atoms with Crippen molar-refractivity contribution in [1.82, 2.24) is 15.1 Å². The fourth-order valence-electron chi connectivity index (χ4n) is 4.16. The van der Waals surface area contributed by atoms with Gasteiger partial charge in [-0.3, -0.25) is 9.89 Å². The molecular formula is C24H27N3OS. The topological polar surface area (TPSA) is 49.0 Å². The summed E-state index contributed by atoms with van der Waals surface area (Å²) in [5, 5.41) is 7.57. The van der Waals surface area contributed by atoms with Gasteiger partial charge in [0.15, 0.2) is 0 Å². The summed E-state index contributed by atoms with van der Waals surface area (Å²) in [5.74, 6) is 0.602. The minimum Gasteiger partial charge on any atom is -0.339 e. The molecule has 4 nitrogen and oxygen atoms in total. The standard InChI is InChI=1S/C24H27N3OS/c1-29-22-10-6-5-9-21(22)24(28)27-15-13-19(14-16-27)23-20(17-25-26-23)12-11-18-7-3-2-4-8-18/h2-10,17,19H,11-16H2,1H3,(H,25,26). The van der Waals surface area contributed by atoms with Gasteiger partial charge >= 0.3 is 0 Å². The molecule has 2 aromatic carbocycles. The van der Waals surface area contributed by atoms with Gasteiger partial charge in [0, 0.05) is 29.6 Å². The lowest BCUT2D eigenvalue weighted by atomic mass is 9.89. The first-order chi connectivity index (χ1) is 14.3. The predicted molar refractivity (Wildman–Crippen MR) is 119 cm³/mol. The number of carbonyl (C=O) groups excluding carboxylic acids is 1. The van der Waals surface area contributed by atoms with E-state index in [1.54, 1.807) is 11.8 Å². The zero-order valence-electron chi connectivity index (χ0n) is 16.8. The van der Waals surface area contributed by atoms with Crippen molar-refractivity contribution < 1.29 is 4.79 Å². The highest BCUT2D eigenvalue weighted by Gasteiger charge is 2.27. The Morgan fingerprint density at radius 2 is 1.79 bits per heavy atom. The van der Waals surface area contributed by atoms with E-state index in [4.69, 9.17) is 0 Å². The van der Waals surface area contributed by atoms with Crippen LogP contribution in [0.5, 0.6) is 0 Å². The maximum absolute atomic E-state index is 13.0. The molecule has 5 heteroatoms. The molecule has 1 fully saturated rings. The highest BCUT2D eigenvalue weighted by molar-refractivity contribution is 7.98. The number of benzene rings is 2. The van der Waals surface area contributed by atoms with Gasteiger partial charge in [0.25, 0.3) is 5.91 Å². The van der Waals surface area contributed by atoms with Crippen LogP contribution in [0.2, 0.25) is 0 Å². The molecule has 0 unspecified atom stereocenters. The Labute approximate surface area is 176 Å². The van der Waals surface area contributed by atoms with E-state index < -0.39 is 0 Å². The smallest absolute Gasteiger partial charge is 0.254 e. The number of thioether (sulfide) groups is 1. The number of aryl methyl sites for hydroxylation is 2. The lowest BCUT2D eigenvalue weighted by Gasteiger charge is -2.32. The van der Waals surface area contributed by atoms with Gasteiger partial charge in [-0.2, -0.15) is 5.10 Å². The minimum absolute atomic E-state index is 0.155. The van der Waals surface area contributed by atoms with Gasteiger partial charge in [0.2, 0.25) is 0 Å². The van der Waals surface area contributed by atoms with E-state index >= 15 is 0 Å². The van der Waals surface area contributed by atoms with Crippen LogP contribution in [-0.2, 0) is 12.8 Å². The Bertz CT molecular complexity index is 946. The number of H-pyrrole nitrogens is 1. The Morgan fingerprint density at radius 1 is 1.07 bits per heavy atom. The molecule has 1 aromatic heterocycles. The van der Waals surface area contributed by atoms with Crippen LogP contribution in [-0.4, -0.2) is 40.3 Å². The summed E-state index contributed by atoms with van der Waals surface area (Å²) >= 11 is 1.63. The Kier molecular flexibility index (Phi) is 6.35. The molecule has 1 N–H and O–H groups in total. The summed E-state index contributed by atoms with van der Waals surface area (Å²) in [6.07, 6.45) is 7.98. The van der Waals surface area contributed by atoms with Gasteiger partial charge in [0.05, 0.1) is 11.8 Å². The van der Waals surface area contributed by atoms with E-state index in [1.165, 1.54) is 16.8 Å². The van der Waals surface area contributed by atoms with Crippen molar-refractivity contribution in [2.75, 3.05) is 19.3 Å². The molecule has 0 bridgehead atoms. The molecule has 0 atom stereocenters. The maximum atomic E-state index is 13.0. The average molecular weight is 406 g/mol. The molecule has 0 aliphatic carbocycles. The molecule has 1 saturated heterocycles. The third kappa shape index (κ3) is 4.56. The summed E-state index contributed by atoms with van der Waals surface area (Å²) in [6, 6.07) is 18.5. The first kappa shape index (κ1) is 19.8. The molecule has 4 rings (SSSR count). The average Bonchev–Trinajstić information content (AvgIpc) is 3.26. The zero-order chi connectivity index (χ0) is 20.1. The number of amides is 1. The van der Waals surface area contributed by atoms with Crippen molar-refractivity contribution in [3.05, 3.63) is 83.2 Å². The van der Waals surface area contributed by atoms with Gasteiger partial charge in [-0.15, -0.1) is 11.8 Å². The first-order valence-electron chi connectivity index (χ1n) is 10.2. The number of aromatic nitrogens is 2. The predicted octanol–water partition coefficient (Wildman–Crippen LogP) is 4.94. The summed E-state index contributed by atoms with van der Waals surface area (Å²) in [5.41, 5.74) is 4.75. The van der Waals surface area contributed by atoms with E-state index in [2.05, 4.69) is 40.5 Å². The highest BCUT2D eigenvalue weighted by Crippen LogP contribution is 2.31. The number of hydrogen-bond acceptors (Lipinski definition) is 3. The number of likely N-dealkylation sites (tertiary alicyclic amines) is 1. The molecular weight excluding hydrogens is 378 g/mol. The summed E-state index contributed by atoms with van der Waals surface area (Å²) in [7, 11) is 0. The molecule has 2 heterocycles. The summed E-state index contributed by atoms with van der Waals surface area (Å²) in [4.78, 5) is 16.0. The van der Waals surface area contributed by atoms with Crippen LogP contribution < -0.4 is 0 Å². The van der Waals surface area contributed by atoms with Gasteiger partial charge in [-0.1, -0.05) is 42.5 Å². The second-order valence-electron chi connectivity index (χ2n) is 7.56. The van der Waals surface area contributed by atoms with E-state index in [0.29, 0.717) is 5.92 Å². The number of piperidine rings is 1. The third-order valence-electron chi connectivity index (χ3n) is 5.80. The first-order valence-corrected chi connectivity index (χ1v) is 11.5. The Balaban J connectivity index is 1.38. The fraction of sp³-hybridized carbons (Fsp3) is 0.333. The van der Waals surface area contributed by atoms with Gasteiger partial charge < -0.3 is 4.90 Å². The number of carbonyl (C=O) groups is 1. The SMILES string of the molecule is CSc1ccccc1C(=O)N1CCC(c2[nH]ncc2CCc2ccccc2)CC1. The minimum atomic E-state index is 0.155.